The van der Waals surface area contributed by atoms with Gasteiger partial charge < -0.3 is 4.74 Å². The van der Waals surface area contributed by atoms with Crippen LogP contribution in [-0.4, -0.2) is 28.0 Å². The zero-order chi connectivity index (χ0) is 13.1. The molecular weight excluding hydrogens is 305 g/mol. The second-order valence-corrected chi connectivity index (χ2v) is 4.22. The molecule has 1 heterocycles. The fourth-order valence-electron chi connectivity index (χ4n) is 1.44. The normalized spacial score (nSPS) is 10.4. The van der Waals surface area contributed by atoms with Crippen LogP contribution < -0.4 is 0 Å². The van der Waals surface area contributed by atoms with Gasteiger partial charge in [-0.2, -0.15) is 10.3 Å². The third kappa shape index (κ3) is 2.40. The summed E-state index contributed by atoms with van der Waals surface area (Å²) in [6.45, 7) is 1.92. The van der Waals surface area contributed by atoms with Crippen molar-refractivity contribution in [2.75, 3.05) is 6.61 Å². The summed E-state index contributed by atoms with van der Waals surface area (Å²) in [5, 5.41) is 9.92. The van der Waals surface area contributed by atoms with Crippen LogP contribution in [0.25, 0.3) is 11.3 Å². The van der Waals surface area contributed by atoms with Gasteiger partial charge in [0.05, 0.1) is 6.61 Å². The van der Waals surface area contributed by atoms with E-state index in [1.54, 1.807) is 6.92 Å². The summed E-state index contributed by atoms with van der Waals surface area (Å²) >= 11 is 3.27. The van der Waals surface area contributed by atoms with Crippen LogP contribution in [-0.2, 0) is 4.74 Å². The number of aromatic amines is 1. The molecule has 0 spiro atoms. The van der Waals surface area contributed by atoms with Gasteiger partial charge in [0.15, 0.2) is 5.69 Å². The van der Waals surface area contributed by atoms with E-state index in [2.05, 4.69) is 31.3 Å². The minimum absolute atomic E-state index is 0.0307. The van der Waals surface area contributed by atoms with Crippen molar-refractivity contribution in [1.82, 2.24) is 15.4 Å². The Morgan fingerprint density at radius 1 is 1.50 bits per heavy atom. The van der Waals surface area contributed by atoms with Gasteiger partial charge in [0.1, 0.15) is 11.5 Å². The number of halogens is 2. The molecule has 0 radical (unpaired) electrons. The van der Waals surface area contributed by atoms with Crippen molar-refractivity contribution in [3.05, 3.63) is 34.2 Å². The number of nitrogens with one attached hydrogen (secondary N) is 1. The highest BCUT2D eigenvalue weighted by atomic mass is 79.9. The third-order valence-corrected chi connectivity index (χ3v) is 2.89. The number of aromatic nitrogens is 3. The SMILES string of the molecule is CCOC(=O)c1n[nH]nc1-c1cc(F)ccc1Br. The molecule has 0 amide bonds. The molecule has 0 saturated carbocycles. The smallest absolute Gasteiger partial charge is 0.361 e. The molecular formula is C11H9BrFN3O2. The van der Waals surface area contributed by atoms with Gasteiger partial charge in [-0.1, -0.05) is 15.9 Å². The quantitative estimate of drug-likeness (QED) is 0.884. The molecule has 0 fully saturated rings. The Morgan fingerprint density at radius 2 is 2.28 bits per heavy atom. The lowest BCUT2D eigenvalue weighted by Gasteiger charge is -2.03. The van der Waals surface area contributed by atoms with E-state index in [1.165, 1.54) is 18.2 Å². The Balaban J connectivity index is 2.48. The number of carbonyl (C=O) groups excluding carboxylic acids is 1. The number of esters is 1. The van der Waals surface area contributed by atoms with Crippen LogP contribution in [0.15, 0.2) is 22.7 Å². The van der Waals surface area contributed by atoms with E-state index in [0.29, 0.717) is 10.0 Å². The van der Waals surface area contributed by atoms with Gasteiger partial charge in [-0.25, -0.2) is 9.18 Å². The zero-order valence-corrected chi connectivity index (χ0v) is 11.0. The highest BCUT2D eigenvalue weighted by Crippen LogP contribution is 2.29. The topological polar surface area (TPSA) is 67.9 Å². The number of carbonyl (C=O) groups is 1. The van der Waals surface area contributed by atoms with E-state index >= 15 is 0 Å². The first-order valence-corrected chi connectivity index (χ1v) is 5.96. The minimum Gasteiger partial charge on any atom is -0.461 e. The molecule has 0 aliphatic carbocycles. The summed E-state index contributed by atoms with van der Waals surface area (Å²) in [4.78, 5) is 11.6. The van der Waals surface area contributed by atoms with Crippen LogP contribution in [0.4, 0.5) is 4.39 Å². The lowest BCUT2D eigenvalue weighted by atomic mass is 10.1. The van der Waals surface area contributed by atoms with Crippen molar-refractivity contribution < 1.29 is 13.9 Å². The predicted octanol–water partition coefficient (Wildman–Crippen LogP) is 2.55. The second kappa shape index (κ2) is 5.26. The van der Waals surface area contributed by atoms with Crippen molar-refractivity contribution in [2.45, 2.75) is 6.92 Å². The number of hydrogen-bond donors (Lipinski definition) is 1. The number of rotatable bonds is 3. The maximum absolute atomic E-state index is 13.2. The number of ether oxygens (including phenoxy) is 1. The number of nitrogens with zero attached hydrogens (tertiary/aromatic N) is 2. The van der Waals surface area contributed by atoms with Crippen molar-refractivity contribution in [1.29, 1.82) is 0 Å². The Kier molecular flexibility index (Phi) is 3.71. The summed E-state index contributed by atoms with van der Waals surface area (Å²) in [7, 11) is 0. The molecule has 0 atom stereocenters. The molecule has 2 rings (SSSR count). The molecule has 2 aromatic rings. The number of benzene rings is 1. The van der Waals surface area contributed by atoms with Gasteiger partial charge >= 0.3 is 5.97 Å². The van der Waals surface area contributed by atoms with E-state index in [-0.39, 0.29) is 18.0 Å². The molecule has 1 N–H and O–H groups in total. The third-order valence-electron chi connectivity index (χ3n) is 2.20. The Morgan fingerprint density at radius 3 is 3.00 bits per heavy atom. The van der Waals surface area contributed by atoms with Gasteiger partial charge in [-0.3, -0.25) is 0 Å². The summed E-state index contributed by atoms with van der Waals surface area (Å²) < 4.78 is 18.7. The minimum atomic E-state index is -0.600. The van der Waals surface area contributed by atoms with E-state index in [9.17, 15) is 9.18 Å². The first kappa shape index (κ1) is 12.7. The van der Waals surface area contributed by atoms with Gasteiger partial charge in [0.25, 0.3) is 0 Å². The highest BCUT2D eigenvalue weighted by molar-refractivity contribution is 9.10. The van der Waals surface area contributed by atoms with E-state index in [0.717, 1.165) is 0 Å². The lowest BCUT2D eigenvalue weighted by Crippen LogP contribution is -2.07. The maximum atomic E-state index is 13.2. The second-order valence-electron chi connectivity index (χ2n) is 3.37. The summed E-state index contributed by atoms with van der Waals surface area (Å²) in [6, 6.07) is 4.11. The fourth-order valence-corrected chi connectivity index (χ4v) is 1.87. The average molecular weight is 314 g/mol. The van der Waals surface area contributed by atoms with Crippen LogP contribution in [0.1, 0.15) is 17.4 Å². The summed E-state index contributed by atoms with van der Waals surface area (Å²) in [5.41, 5.74) is 0.717. The van der Waals surface area contributed by atoms with Crippen LogP contribution in [0.2, 0.25) is 0 Å². The molecule has 18 heavy (non-hydrogen) atoms. The molecule has 0 bridgehead atoms. The standard InChI is InChI=1S/C11H9BrFN3O2/c1-2-18-11(17)10-9(14-16-15-10)7-5-6(13)3-4-8(7)12/h3-5H,2H2,1H3,(H,14,15,16). The lowest BCUT2D eigenvalue weighted by molar-refractivity contribution is 0.0520. The maximum Gasteiger partial charge on any atom is 0.361 e. The number of H-pyrrole nitrogens is 1. The van der Waals surface area contributed by atoms with Crippen molar-refractivity contribution in [2.24, 2.45) is 0 Å². The molecule has 7 heteroatoms. The van der Waals surface area contributed by atoms with Gasteiger partial charge in [0, 0.05) is 10.0 Å². The molecule has 5 nitrogen and oxygen atoms in total. The molecule has 1 aromatic carbocycles. The molecule has 0 saturated heterocycles. The first-order chi connectivity index (χ1) is 8.63. The van der Waals surface area contributed by atoms with Gasteiger partial charge in [-0.05, 0) is 25.1 Å². The van der Waals surface area contributed by atoms with Crippen molar-refractivity contribution >= 4 is 21.9 Å². The summed E-state index contributed by atoms with van der Waals surface area (Å²) in [5.74, 6) is -1.02. The van der Waals surface area contributed by atoms with Gasteiger partial charge in [-0.15, -0.1) is 5.10 Å². The molecule has 1 aromatic heterocycles. The fraction of sp³-hybridized carbons (Fsp3) is 0.182. The molecule has 94 valence electrons. The van der Waals surface area contributed by atoms with Crippen LogP contribution in [0.5, 0.6) is 0 Å². The Hall–Kier alpha value is -1.76. The van der Waals surface area contributed by atoms with E-state index in [1.807, 2.05) is 0 Å². The van der Waals surface area contributed by atoms with E-state index in [4.69, 9.17) is 4.74 Å². The predicted molar refractivity (Wildman–Crippen MR) is 65.4 cm³/mol. The highest BCUT2D eigenvalue weighted by Gasteiger charge is 2.20. The zero-order valence-electron chi connectivity index (χ0n) is 9.41. The molecule has 0 aliphatic heterocycles. The molecule has 0 unspecified atom stereocenters. The van der Waals surface area contributed by atoms with Crippen LogP contribution >= 0.6 is 15.9 Å². The molecule has 0 aliphatic rings. The van der Waals surface area contributed by atoms with Crippen LogP contribution in [0.3, 0.4) is 0 Å². The largest absolute Gasteiger partial charge is 0.461 e. The Labute approximate surface area is 110 Å². The average Bonchev–Trinajstić information content (AvgIpc) is 2.81. The Bertz CT molecular complexity index is 585. The van der Waals surface area contributed by atoms with Crippen molar-refractivity contribution in [3.8, 4) is 11.3 Å². The van der Waals surface area contributed by atoms with Gasteiger partial charge in [0.2, 0.25) is 0 Å². The first-order valence-electron chi connectivity index (χ1n) is 5.16. The number of hydrogen-bond acceptors (Lipinski definition) is 4. The monoisotopic (exact) mass is 313 g/mol. The van der Waals surface area contributed by atoms with Crippen LogP contribution in [0, 0.1) is 5.82 Å². The van der Waals surface area contributed by atoms with Crippen molar-refractivity contribution in [3.63, 3.8) is 0 Å². The van der Waals surface area contributed by atoms with E-state index < -0.39 is 11.8 Å². The summed E-state index contributed by atoms with van der Waals surface area (Å²) in [6.07, 6.45) is 0.